The largest absolute Gasteiger partial charge is 0.325 e. The van der Waals surface area contributed by atoms with Crippen molar-refractivity contribution >= 4 is 44.3 Å². The molecule has 1 amide bonds. The van der Waals surface area contributed by atoms with E-state index in [0.29, 0.717) is 16.6 Å². The van der Waals surface area contributed by atoms with Gasteiger partial charge in [-0.1, -0.05) is 36.0 Å². The molecule has 0 aliphatic rings. The van der Waals surface area contributed by atoms with Gasteiger partial charge in [0.25, 0.3) is 5.56 Å². The molecule has 1 aromatic heterocycles. The van der Waals surface area contributed by atoms with Crippen molar-refractivity contribution in [2.75, 3.05) is 5.32 Å². The topological polar surface area (TPSA) is 124 Å². The lowest BCUT2D eigenvalue weighted by Crippen LogP contribution is -2.26. The first-order valence-electron chi connectivity index (χ1n) is 10.0. The Bertz CT molecular complexity index is 1550. The molecule has 0 fully saturated rings. The Morgan fingerprint density at radius 1 is 1.06 bits per heavy atom. The number of primary sulfonamides is 1. The van der Waals surface area contributed by atoms with Gasteiger partial charge in [0.05, 0.1) is 26.7 Å². The van der Waals surface area contributed by atoms with Crippen LogP contribution >= 0.6 is 11.8 Å². The van der Waals surface area contributed by atoms with Gasteiger partial charge in [-0.05, 0) is 55.5 Å². The number of fused-ring (bicyclic) bond motifs is 1. The lowest BCUT2D eigenvalue weighted by Gasteiger charge is -2.17. The fourth-order valence-electron chi connectivity index (χ4n) is 3.22. The van der Waals surface area contributed by atoms with Crippen molar-refractivity contribution in [2.45, 2.75) is 22.2 Å². The molecule has 4 aromatic rings. The summed E-state index contributed by atoms with van der Waals surface area (Å²) in [5, 5.41) is 7.51. The van der Waals surface area contributed by atoms with Gasteiger partial charge in [0.1, 0.15) is 5.82 Å². The van der Waals surface area contributed by atoms with Gasteiger partial charge in [0.15, 0.2) is 5.16 Å². The highest BCUT2D eigenvalue weighted by Gasteiger charge is 2.22. The number of nitrogens with one attached hydrogen (secondary N) is 1. The minimum atomic E-state index is -3.85. The van der Waals surface area contributed by atoms with Crippen LogP contribution in [0.1, 0.15) is 6.92 Å². The van der Waals surface area contributed by atoms with E-state index in [-0.39, 0.29) is 15.7 Å². The molecule has 0 saturated carbocycles. The highest BCUT2D eigenvalue weighted by atomic mass is 32.2. The molecule has 3 aromatic carbocycles. The second-order valence-corrected chi connectivity index (χ2v) is 10.2. The van der Waals surface area contributed by atoms with Gasteiger partial charge in [-0.2, -0.15) is 0 Å². The Morgan fingerprint density at radius 2 is 1.71 bits per heavy atom. The lowest BCUT2D eigenvalue weighted by molar-refractivity contribution is -0.115. The van der Waals surface area contributed by atoms with Gasteiger partial charge in [-0.3, -0.25) is 14.2 Å². The molecule has 0 saturated heterocycles. The third kappa shape index (κ3) is 4.86. The van der Waals surface area contributed by atoms with Crippen LogP contribution in [-0.4, -0.2) is 29.1 Å². The fourth-order valence-corrected chi connectivity index (χ4v) is 4.66. The molecule has 174 valence electrons. The van der Waals surface area contributed by atoms with Crippen LogP contribution in [-0.2, 0) is 14.8 Å². The van der Waals surface area contributed by atoms with E-state index < -0.39 is 32.6 Å². The number of halogens is 1. The molecular formula is C23H19FN4O4S2. The normalized spacial score (nSPS) is 12.4. The third-order valence-corrected chi connectivity index (χ3v) is 6.92. The summed E-state index contributed by atoms with van der Waals surface area (Å²) in [7, 11) is -3.85. The number of rotatable bonds is 6. The van der Waals surface area contributed by atoms with Crippen LogP contribution in [0.5, 0.6) is 0 Å². The summed E-state index contributed by atoms with van der Waals surface area (Å²) < 4.78 is 38.6. The van der Waals surface area contributed by atoms with Gasteiger partial charge < -0.3 is 5.32 Å². The molecule has 1 heterocycles. The SMILES string of the molecule is CC(Sc1nc2ccccc2c(=O)n1-c1ccccc1F)C(=O)Nc1ccc(S(N)(=O)=O)cc1. The van der Waals surface area contributed by atoms with Crippen molar-refractivity contribution in [3.8, 4) is 5.69 Å². The number of nitrogens with two attached hydrogens (primary N) is 1. The summed E-state index contributed by atoms with van der Waals surface area (Å²) in [6.45, 7) is 1.62. The Hall–Kier alpha value is -3.54. The van der Waals surface area contributed by atoms with Crippen LogP contribution in [0.4, 0.5) is 10.1 Å². The van der Waals surface area contributed by atoms with Gasteiger partial charge in [-0.15, -0.1) is 0 Å². The van der Waals surface area contributed by atoms with Gasteiger partial charge >= 0.3 is 0 Å². The summed E-state index contributed by atoms with van der Waals surface area (Å²) in [5.41, 5.74) is 0.362. The quantitative estimate of drug-likeness (QED) is 0.311. The molecule has 34 heavy (non-hydrogen) atoms. The van der Waals surface area contributed by atoms with E-state index in [1.54, 1.807) is 37.3 Å². The van der Waals surface area contributed by atoms with Gasteiger partial charge in [0.2, 0.25) is 15.9 Å². The molecule has 11 heteroatoms. The predicted molar refractivity (Wildman–Crippen MR) is 129 cm³/mol. The number of anilines is 1. The first kappa shape index (κ1) is 23.6. The van der Waals surface area contributed by atoms with Crippen molar-refractivity contribution < 1.29 is 17.6 Å². The molecule has 3 N–H and O–H groups in total. The second kappa shape index (κ2) is 9.37. The number of nitrogens with zero attached hydrogens (tertiary/aromatic N) is 2. The molecule has 8 nitrogen and oxygen atoms in total. The number of thioether (sulfide) groups is 1. The maximum atomic E-state index is 14.6. The van der Waals surface area contributed by atoms with Crippen molar-refractivity contribution in [2.24, 2.45) is 5.14 Å². The zero-order chi connectivity index (χ0) is 24.5. The molecule has 0 radical (unpaired) electrons. The number of carbonyl (C=O) groups is 1. The van der Waals surface area contributed by atoms with Crippen LogP contribution < -0.4 is 16.0 Å². The number of carbonyl (C=O) groups excluding carboxylic acids is 1. The van der Waals surface area contributed by atoms with E-state index in [9.17, 15) is 22.4 Å². The average molecular weight is 499 g/mol. The minimum absolute atomic E-state index is 0.0273. The zero-order valence-electron chi connectivity index (χ0n) is 17.8. The van der Waals surface area contributed by atoms with E-state index in [2.05, 4.69) is 10.3 Å². The smallest absolute Gasteiger partial charge is 0.266 e. The molecule has 0 aliphatic carbocycles. The molecular weight excluding hydrogens is 479 g/mol. The van der Waals surface area contributed by atoms with Crippen molar-refractivity contribution in [1.29, 1.82) is 0 Å². The lowest BCUT2D eigenvalue weighted by atomic mass is 10.2. The molecule has 0 bridgehead atoms. The molecule has 0 aliphatic heterocycles. The monoisotopic (exact) mass is 498 g/mol. The number of hydrogen-bond acceptors (Lipinski definition) is 6. The van der Waals surface area contributed by atoms with Gasteiger partial charge in [0, 0.05) is 5.69 Å². The van der Waals surface area contributed by atoms with E-state index in [1.807, 2.05) is 0 Å². The van der Waals surface area contributed by atoms with Crippen LogP contribution in [0.25, 0.3) is 16.6 Å². The number of benzene rings is 3. The average Bonchev–Trinajstić information content (AvgIpc) is 2.80. The summed E-state index contributed by atoms with van der Waals surface area (Å²) in [6.07, 6.45) is 0. The number of amides is 1. The number of hydrogen-bond donors (Lipinski definition) is 2. The van der Waals surface area contributed by atoms with E-state index in [4.69, 9.17) is 5.14 Å². The Kier molecular flexibility index (Phi) is 6.51. The second-order valence-electron chi connectivity index (χ2n) is 7.32. The van der Waals surface area contributed by atoms with Crippen LogP contribution in [0.3, 0.4) is 0 Å². The molecule has 1 unspecified atom stereocenters. The summed E-state index contributed by atoms with van der Waals surface area (Å²) in [4.78, 5) is 30.5. The first-order valence-corrected chi connectivity index (χ1v) is 12.4. The predicted octanol–water partition coefficient (Wildman–Crippen LogP) is 3.29. The zero-order valence-corrected chi connectivity index (χ0v) is 19.4. The highest BCUT2D eigenvalue weighted by molar-refractivity contribution is 8.00. The maximum absolute atomic E-state index is 14.6. The van der Waals surface area contributed by atoms with E-state index in [1.165, 1.54) is 42.5 Å². The highest BCUT2D eigenvalue weighted by Crippen LogP contribution is 2.27. The Balaban J connectivity index is 1.67. The van der Waals surface area contributed by atoms with E-state index in [0.717, 1.165) is 16.3 Å². The van der Waals surface area contributed by atoms with E-state index >= 15 is 0 Å². The molecule has 4 rings (SSSR count). The summed E-state index contributed by atoms with van der Waals surface area (Å²) in [5.74, 6) is -1.02. The summed E-state index contributed by atoms with van der Waals surface area (Å²) >= 11 is 0.995. The van der Waals surface area contributed by atoms with Crippen molar-refractivity contribution in [3.05, 3.63) is 89.0 Å². The Labute approximate surface area is 198 Å². The van der Waals surface area contributed by atoms with Crippen LogP contribution in [0.2, 0.25) is 0 Å². The van der Waals surface area contributed by atoms with Crippen LogP contribution in [0.15, 0.2) is 87.6 Å². The van der Waals surface area contributed by atoms with Crippen molar-refractivity contribution in [1.82, 2.24) is 9.55 Å². The third-order valence-electron chi connectivity index (χ3n) is 4.94. The number of aromatic nitrogens is 2. The molecule has 1 atom stereocenters. The fraction of sp³-hybridized carbons (Fsp3) is 0.0870. The first-order chi connectivity index (χ1) is 16.1. The standard InChI is InChI=1S/C23H19FN4O4S2/c1-14(21(29)26-15-10-12-16(13-11-15)34(25,31)32)33-23-27-19-8-4-2-6-17(19)22(30)28(23)20-9-5-3-7-18(20)24/h2-14H,1H3,(H,26,29)(H2,25,31,32). The molecule has 0 spiro atoms. The van der Waals surface area contributed by atoms with Crippen LogP contribution in [0, 0.1) is 5.82 Å². The maximum Gasteiger partial charge on any atom is 0.266 e. The minimum Gasteiger partial charge on any atom is -0.325 e. The summed E-state index contributed by atoms with van der Waals surface area (Å²) in [6, 6.07) is 17.9. The van der Waals surface area contributed by atoms with Gasteiger partial charge in [-0.25, -0.2) is 22.9 Å². The van der Waals surface area contributed by atoms with Crippen molar-refractivity contribution in [3.63, 3.8) is 0 Å². The number of para-hydroxylation sites is 2. The number of sulfonamides is 1. The Morgan fingerprint density at radius 3 is 2.38 bits per heavy atom.